The maximum Gasteiger partial charge on any atom is 0.253 e. The zero-order chi connectivity index (χ0) is 24.2. The predicted octanol–water partition coefficient (Wildman–Crippen LogP) is 6.43. The topological polar surface area (TPSA) is 71.1 Å². The molecule has 10 heteroatoms. The maximum atomic E-state index is 12.9. The Morgan fingerprint density at radius 1 is 0.861 bits per heavy atom. The van der Waals surface area contributed by atoms with Crippen LogP contribution in [0.2, 0.25) is 10.0 Å². The van der Waals surface area contributed by atoms with Gasteiger partial charge in [0.05, 0.1) is 22.6 Å². The number of para-hydroxylation sites is 1. The van der Waals surface area contributed by atoms with Gasteiger partial charge in [-0.25, -0.2) is 0 Å². The number of hydrogen-bond donors (Lipinski definition) is 1. The van der Waals surface area contributed by atoms with Crippen molar-refractivity contribution in [2.75, 3.05) is 13.6 Å². The Morgan fingerprint density at radius 2 is 1.53 bits per heavy atom. The van der Waals surface area contributed by atoms with Crippen molar-refractivity contribution in [2.24, 2.45) is 0 Å². The van der Waals surface area contributed by atoms with Crippen molar-refractivity contribution >= 4 is 79.9 Å². The molecule has 190 valence electrons. The first-order chi connectivity index (χ1) is 16.4. The highest BCUT2D eigenvalue weighted by molar-refractivity contribution is 8.93. The van der Waals surface area contributed by atoms with Crippen LogP contribution in [-0.4, -0.2) is 39.3 Å². The summed E-state index contributed by atoms with van der Waals surface area (Å²) in [5.41, 5.74) is 2.77. The Kier molecular flexibility index (Phi) is 11.0. The minimum Gasteiger partial charge on any atom is -0.342 e. The van der Waals surface area contributed by atoms with E-state index in [4.69, 9.17) is 28.6 Å². The third kappa shape index (κ3) is 6.48. The molecule has 0 fully saturated rings. The number of imidazole rings is 1. The molecule has 1 amide bonds. The maximum absolute atomic E-state index is 12.9. The summed E-state index contributed by atoms with van der Waals surface area (Å²) in [5, 5.41) is 9.85. The monoisotopic (exact) mass is 654 g/mol. The highest BCUT2D eigenvalue weighted by Gasteiger charge is 2.17. The summed E-state index contributed by atoms with van der Waals surface area (Å²) in [7, 11) is 1.77. The van der Waals surface area contributed by atoms with Crippen LogP contribution in [0.3, 0.4) is 0 Å². The second kappa shape index (κ2) is 13.2. The van der Waals surface area contributed by atoms with Crippen LogP contribution in [0.15, 0.2) is 72.8 Å². The van der Waals surface area contributed by atoms with Gasteiger partial charge in [-0.05, 0) is 55.0 Å². The number of aryl methyl sites for hydroxylation is 1. The number of Topliss-reactive ketones (excluding diaryl/α,β-unsaturated/α-hetero) is 1. The summed E-state index contributed by atoms with van der Waals surface area (Å²) in [4.78, 5) is 27.2. The second-order valence-electron chi connectivity index (χ2n) is 8.05. The van der Waals surface area contributed by atoms with Crippen LogP contribution in [0, 0.1) is 5.41 Å². The number of benzene rings is 3. The Hall–Kier alpha value is -2.39. The number of fused-ring (bicyclic) bond motifs is 1. The molecule has 4 rings (SSSR count). The van der Waals surface area contributed by atoms with Gasteiger partial charge in [0.15, 0.2) is 5.78 Å². The molecule has 0 aliphatic heterocycles. The minimum atomic E-state index is -0.123. The molecule has 3 aromatic carbocycles. The molecular formula is C26H26Br2Cl2N4O2. The lowest BCUT2D eigenvalue weighted by Crippen LogP contribution is -2.30. The van der Waals surface area contributed by atoms with Crippen molar-refractivity contribution < 1.29 is 9.59 Å². The molecule has 6 nitrogen and oxygen atoms in total. The molecule has 0 radical (unpaired) electrons. The van der Waals surface area contributed by atoms with E-state index in [0.717, 1.165) is 0 Å². The quantitative estimate of drug-likeness (QED) is 0.222. The highest BCUT2D eigenvalue weighted by atomic mass is 79.9. The summed E-state index contributed by atoms with van der Waals surface area (Å²) in [5.74, 6) is -0.173. The standard InChI is InChI=1S/C26H24Cl2N4O2.2BrH/c1-30(25(34)19-7-3-2-4-8-19)15-6-16-31-24-21(28)9-5-10-22(24)32(26(31)29)17-23(33)18-11-13-20(27)14-12-18;;/h2-5,7-14,29H,6,15-17H2,1H3;2*1H. The summed E-state index contributed by atoms with van der Waals surface area (Å²) in [6, 6.07) is 21.3. The number of rotatable bonds is 8. The molecule has 0 aliphatic carbocycles. The minimum absolute atomic E-state index is 0. The molecule has 0 bridgehead atoms. The van der Waals surface area contributed by atoms with E-state index in [1.165, 1.54) is 0 Å². The molecule has 0 unspecified atom stereocenters. The molecule has 0 aliphatic rings. The fourth-order valence-corrected chi connectivity index (χ4v) is 4.37. The first-order valence-corrected chi connectivity index (χ1v) is 11.6. The fourth-order valence-electron chi connectivity index (χ4n) is 3.97. The number of hydrogen-bond acceptors (Lipinski definition) is 3. The predicted molar refractivity (Wildman–Crippen MR) is 155 cm³/mol. The van der Waals surface area contributed by atoms with E-state index in [2.05, 4.69) is 0 Å². The smallest absolute Gasteiger partial charge is 0.253 e. The van der Waals surface area contributed by atoms with Crippen LogP contribution in [0.4, 0.5) is 0 Å². The Labute approximate surface area is 240 Å². The molecule has 0 saturated carbocycles. The zero-order valence-corrected chi connectivity index (χ0v) is 24.4. The van der Waals surface area contributed by atoms with E-state index in [1.54, 1.807) is 63.5 Å². The summed E-state index contributed by atoms with van der Waals surface area (Å²) in [6.07, 6.45) is 0.626. The molecular weight excluding hydrogens is 631 g/mol. The zero-order valence-electron chi connectivity index (χ0n) is 19.5. The third-order valence-electron chi connectivity index (χ3n) is 5.75. The van der Waals surface area contributed by atoms with Gasteiger partial charge in [0.2, 0.25) is 5.62 Å². The summed E-state index contributed by atoms with van der Waals surface area (Å²) >= 11 is 12.4. The normalized spacial score (nSPS) is 10.4. The number of amides is 1. The van der Waals surface area contributed by atoms with E-state index in [-0.39, 0.29) is 57.8 Å². The number of ketones is 1. The van der Waals surface area contributed by atoms with Crippen molar-refractivity contribution in [2.45, 2.75) is 19.5 Å². The van der Waals surface area contributed by atoms with Crippen molar-refractivity contribution in [1.29, 1.82) is 5.41 Å². The van der Waals surface area contributed by atoms with E-state index < -0.39 is 0 Å². The largest absolute Gasteiger partial charge is 0.342 e. The van der Waals surface area contributed by atoms with E-state index >= 15 is 0 Å². The van der Waals surface area contributed by atoms with E-state index in [0.29, 0.717) is 51.7 Å². The van der Waals surface area contributed by atoms with Crippen LogP contribution >= 0.6 is 57.2 Å². The number of nitrogens with zero attached hydrogens (tertiary/aromatic N) is 3. The van der Waals surface area contributed by atoms with Gasteiger partial charge in [-0.3, -0.25) is 15.0 Å². The molecule has 1 N–H and O–H groups in total. The van der Waals surface area contributed by atoms with Crippen molar-refractivity contribution in [3.63, 3.8) is 0 Å². The number of carbonyl (C=O) groups excluding carboxylic acids is 2. The van der Waals surface area contributed by atoms with Crippen LogP contribution in [0.1, 0.15) is 27.1 Å². The summed E-state index contributed by atoms with van der Waals surface area (Å²) < 4.78 is 3.46. The number of carbonyl (C=O) groups is 2. The Balaban J connectivity index is 0.00000228. The average Bonchev–Trinajstić information content (AvgIpc) is 3.11. The highest BCUT2D eigenvalue weighted by Crippen LogP contribution is 2.23. The number of aromatic nitrogens is 2. The van der Waals surface area contributed by atoms with Crippen molar-refractivity contribution in [3.05, 3.63) is 99.6 Å². The molecule has 0 spiro atoms. The van der Waals surface area contributed by atoms with Gasteiger partial charge in [-0.1, -0.05) is 47.5 Å². The van der Waals surface area contributed by atoms with Crippen LogP contribution < -0.4 is 5.62 Å². The first kappa shape index (κ1) is 29.8. The first-order valence-electron chi connectivity index (χ1n) is 10.9. The number of halogens is 4. The molecule has 0 saturated heterocycles. The summed E-state index contributed by atoms with van der Waals surface area (Å²) in [6.45, 7) is 1.01. The van der Waals surface area contributed by atoms with Gasteiger partial charge >= 0.3 is 0 Å². The fraction of sp³-hybridized carbons (Fsp3) is 0.192. The average molecular weight is 657 g/mol. The lowest BCUT2D eigenvalue weighted by molar-refractivity contribution is 0.0791. The molecule has 4 aromatic rings. The van der Waals surface area contributed by atoms with Gasteiger partial charge in [-0.15, -0.1) is 34.0 Å². The molecule has 0 atom stereocenters. The van der Waals surface area contributed by atoms with Gasteiger partial charge in [0.1, 0.15) is 0 Å². The SMILES string of the molecule is Br.Br.CN(CCCn1c(=N)n(CC(=O)c2ccc(Cl)cc2)c2cccc(Cl)c21)C(=O)c1ccccc1. The Bertz CT molecular complexity index is 1400. The Morgan fingerprint density at radius 3 is 2.19 bits per heavy atom. The van der Waals surface area contributed by atoms with E-state index in [9.17, 15) is 9.59 Å². The van der Waals surface area contributed by atoms with Crippen LogP contribution in [-0.2, 0) is 13.1 Å². The van der Waals surface area contributed by atoms with Gasteiger partial charge in [0, 0.05) is 36.3 Å². The van der Waals surface area contributed by atoms with Gasteiger partial charge in [-0.2, -0.15) is 0 Å². The molecule has 1 heterocycles. The second-order valence-corrected chi connectivity index (χ2v) is 8.89. The molecule has 1 aromatic heterocycles. The van der Waals surface area contributed by atoms with Gasteiger partial charge in [0.25, 0.3) is 5.91 Å². The van der Waals surface area contributed by atoms with Crippen LogP contribution in [0.5, 0.6) is 0 Å². The van der Waals surface area contributed by atoms with Gasteiger partial charge < -0.3 is 14.0 Å². The van der Waals surface area contributed by atoms with E-state index in [1.807, 2.05) is 30.3 Å². The molecule has 36 heavy (non-hydrogen) atoms. The number of nitrogens with one attached hydrogen (secondary N) is 1. The van der Waals surface area contributed by atoms with Crippen molar-refractivity contribution in [3.8, 4) is 0 Å². The lowest BCUT2D eigenvalue weighted by atomic mass is 10.1. The van der Waals surface area contributed by atoms with Crippen molar-refractivity contribution in [1.82, 2.24) is 14.0 Å². The lowest BCUT2D eigenvalue weighted by Gasteiger charge is -2.17. The third-order valence-corrected chi connectivity index (χ3v) is 6.31. The van der Waals surface area contributed by atoms with Crippen LogP contribution in [0.25, 0.3) is 11.0 Å².